The summed E-state index contributed by atoms with van der Waals surface area (Å²) in [4.78, 5) is 0. The van der Waals surface area contributed by atoms with E-state index >= 15 is 0 Å². The van der Waals surface area contributed by atoms with Crippen LogP contribution < -0.4 is 5.32 Å². The summed E-state index contributed by atoms with van der Waals surface area (Å²) < 4.78 is 0. The second-order valence-electron chi connectivity index (χ2n) is 7.76. The van der Waals surface area contributed by atoms with Gasteiger partial charge < -0.3 is 10.4 Å². The molecule has 0 spiro atoms. The molecule has 2 nitrogen and oxygen atoms in total. The van der Waals surface area contributed by atoms with Gasteiger partial charge in [0.25, 0.3) is 0 Å². The third kappa shape index (κ3) is 5.21. The van der Waals surface area contributed by atoms with E-state index in [9.17, 15) is 5.11 Å². The quantitative estimate of drug-likeness (QED) is 0.466. The summed E-state index contributed by atoms with van der Waals surface area (Å²) in [6.45, 7) is 1.04. The Kier molecular flexibility index (Phi) is 6.56. The van der Waals surface area contributed by atoms with Gasteiger partial charge in [0.15, 0.2) is 0 Å². The lowest BCUT2D eigenvalue weighted by molar-refractivity contribution is 0.145. The Labute approximate surface area is 182 Å². The molecule has 4 rings (SSSR count). The molecule has 0 amide bonds. The zero-order valence-corrected chi connectivity index (χ0v) is 17.8. The first-order chi connectivity index (χ1) is 14.1. The van der Waals surface area contributed by atoms with E-state index in [1.165, 1.54) is 12.8 Å². The Bertz CT molecular complexity index is 884. The third-order valence-corrected chi connectivity index (χ3v) is 6.12. The van der Waals surface area contributed by atoms with Crippen LogP contribution in [-0.4, -0.2) is 17.7 Å². The van der Waals surface area contributed by atoms with Crippen LogP contribution in [0.2, 0.25) is 10.0 Å². The maximum atomic E-state index is 11.0. The van der Waals surface area contributed by atoms with E-state index in [2.05, 4.69) is 23.5 Å². The van der Waals surface area contributed by atoms with Gasteiger partial charge in [-0.1, -0.05) is 53.9 Å². The van der Waals surface area contributed by atoms with Gasteiger partial charge in [0, 0.05) is 16.1 Å². The van der Waals surface area contributed by atoms with E-state index < -0.39 is 6.10 Å². The van der Waals surface area contributed by atoms with Crippen LogP contribution in [0, 0.1) is 0 Å². The molecule has 0 radical (unpaired) electrons. The number of nitrogens with one attached hydrogen (secondary N) is 1. The molecule has 1 aliphatic rings. The molecule has 0 aromatic heterocycles. The minimum atomic E-state index is -0.510. The average Bonchev–Trinajstić information content (AvgIpc) is 2.75. The van der Waals surface area contributed by atoms with Crippen LogP contribution in [0.3, 0.4) is 0 Å². The molecular weight excluding hydrogens is 401 g/mol. The minimum absolute atomic E-state index is 0.372. The van der Waals surface area contributed by atoms with Crippen LogP contribution in [0.5, 0.6) is 0 Å². The SMILES string of the molecule is OC(CC1CCCCN1)c1cc(-c2ccc(Cl)cc2)cc(-c2ccc(Cl)cc2)c1. The molecule has 2 atom stereocenters. The van der Waals surface area contributed by atoms with Crippen molar-refractivity contribution in [1.29, 1.82) is 0 Å². The van der Waals surface area contributed by atoms with E-state index in [1.807, 2.05) is 48.5 Å². The molecule has 2 N–H and O–H groups in total. The molecule has 1 aliphatic heterocycles. The number of rotatable bonds is 5. The summed E-state index contributed by atoms with van der Waals surface area (Å²) in [6.07, 6.45) is 3.79. The summed E-state index contributed by atoms with van der Waals surface area (Å²) in [6, 6.07) is 22.4. The van der Waals surface area contributed by atoms with Gasteiger partial charge in [-0.15, -0.1) is 0 Å². The average molecular weight is 426 g/mol. The molecule has 3 aromatic carbocycles. The van der Waals surface area contributed by atoms with E-state index in [0.717, 1.165) is 47.2 Å². The topological polar surface area (TPSA) is 32.3 Å². The highest BCUT2D eigenvalue weighted by Gasteiger charge is 2.19. The highest BCUT2D eigenvalue weighted by molar-refractivity contribution is 6.30. The number of hydrogen-bond acceptors (Lipinski definition) is 2. The molecule has 1 saturated heterocycles. The van der Waals surface area contributed by atoms with Crippen LogP contribution >= 0.6 is 23.2 Å². The van der Waals surface area contributed by atoms with Crippen molar-refractivity contribution in [3.8, 4) is 22.3 Å². The van der Waals surface area contributed by atoms with Gasteiger partial charge in [0.05, 0.1) is 6.10 Å². The van der Waals surface area contributed by atoms with Crippen LogP contribution in [-0.2, 0) is 0 Å². The van der Waals surface area contributed by atoms with Gasteiger partial charge in [-0.05, 0) is 96.1 Å². The molecule has 2 unspecified atom stereocenters. The smallest absolute Gasteiger partial charge is 0.0805 e. The number of aliphatic hydroxyl groups is 1. The number of aliphatic hydroxyl groups excluding tert-OH is 1. The van der Waals surface area contributed by atoms with Gasteiger partial charge in [-0.3, -0.25) is 0 Å². The number of piperidine rings is 1. The van der Waals surface area contributed by atoms with E-state index in [1.54, 1.807) is 0 Å². The van der Waals surface area contributed by atoms with Crippen molar-refractivity contribution in [1.82, 2.24) is 5.32 Å². The number of benzene rings is 3. The first-order valence-electron chi connectivity index (χ1n) is 10.2. The summed E-state index contributed by atoms with van der Waals surface area (Å²) in [5.41, 5.74) is 5.23. The summed E-state index contributed by atoms with van der Waals surface area (Å²) >= 11 is 12.1. The molecule has 1 heterocycles. The third-order valence-electron chi connectivity index (χ3n) is 5.62. The Morgan fingerprint density at radius 3 is 1.83 bits per heavy atom. The van der Waals surface area contributed by atoms with Gasteiger partial charge in [0.1, 0.15) is 0 Å². The van der Waals surface area contributed by atoms with Crippen LogP contribution in [0.25, 0.3) is 22.3 Å². The first-order valence-corrected chi connectivity index (χ1v) is 10.9. The second-order valence-corrected chi connectivity index (χ2v) is 8.63. The second kappa shape index (κ2) is 9.32. The van der Waals surface area contributed by atoms with Crippen molar-refractivity contribution in [2.24, 2.45) is 0 Å². The highest BCUT2D eigenvalue weighted by Crippen LogP contribution is 2.33. The largest absolute Gasteiger partial charge is 0.388 e. The molecule has 4 heteroatoms. The van der Waals surface area contributed by atoms with Gasteiger partial charge >= 0.3 is 0 Å². The molecular formula is C25H25Cl2NO. The predicted molar refractivity (Wildman–Crippen MR) is 123 cm³/mol. The van der Waals surface area contributed by atoms with Crippen molar-refractivity contribution in [3.05, 3.63) is 82.3 Å². The Hall–Kier alpha value is -1.84. The lowest BCUT2D eigenvalue weighted by atomic mass is 9.91. The Morgan fingerprint density at radius 2 is 1.34 bits per heavy atom. The standard InChI is InChI=1S/C25H25Cl2NO/c26-22-8-4-17(5-9-22)19-13-20(18-6-10-23(27)11-7-18)15-21(14-19)25(29)16-24-3-1-2-12-28-24/h4-11,13-15,24-25,28-29H,1-3,12,16H2. The van der Waals surface area contributed by atoms with Crippen LogP contribution in [0.15, 0.2) is 66.7 Å². The molecule has 0 bridgehead atoms. The summed E-state index contributed by atoms with van der Waals surface area (Å²) in [5, 5.41) is 16.0. The molecule has 150 valence electrons. The Balaban J connectivity index is 1.70. The number of hydrogen-bond donors (Lipinski definition) is 2. The number of halogens is 2. The lowest BCUT2D eigenvalue weighted by Crippen LogP contribution is -2.35. The summed E-state index contributed by atoms with van der Waals surface area (Å²) in [5.74, 6) is 0. The Morgan fingerprint density at radius 1 is 0.793 bits per heavy atom. The fourth-order valence-electron chi connectivity index (χ4n) is 3.99. The van der Waals surface area contributed by atoms with Crippen LogP contribution in [0.4, 0.5) is 0 Å². The maximum Gasteiger partial charge on any atom is 0.0805 e. The molecule has 0 saturated carbocycles. The van der Waals surface area contributed by atoms with Crippen molar-refractivity contribution < 1.29 is 5.11 Å². The minimum Gasteiger partial charge on any atom is -0.388 e. The highest BCUT2D eigenvalue weighted by atomic mass is 35.5. The zero-order valence-electron chi connectivity index (χ0n) is 16.2. The van der Waals surface area contributed by atoms with Crippen LogP contribution in [0.1, 0.15) is 37.4 Å². The van der Waals surface area contributed by atoms with Gasteiger partial charge in [-0.25, -0.2) is 0 Å². The van der Waals surface area contributed by atoms with Gasteiger partial charge in [-0.2, -0.15) is 0 Å². The van der Waals surface area contributed by atoms with E-state index in [0.29, 0.717) is 16.1 Å². The van der Waals surface area contributed by atoms with Gasteiger partial charge in [0.2, 0.25) is 0 Å². The monoisotopic (exact) mass is 425 g/mol. The summed E-state index contributed by atoms with van der Waals surface area (Å²) in [7, 11) is 0. The van der Waals surface area contributed by atoms with Crippen molar-refractivity contribution in [3.63, 3.8) is 0 Å². The maximum absolute atomic E-state index is 11.0. The van der Waals surface area contributed by atoms with Crippen molar-refractivity contribution in [2.45, 2.75) is 37.8 Å². The molecule has 3 aromatic rings. The van der Waals surface area contributed by atoms with Crippen molar-refractivity contribution >= 4 is 23.2 Å². The first kappa shape index (κ1) is 20.4. The molecule has 1 fully saturated rings. The van der Waals surface area contributed by atoms with E-state index in [4.69, 9.17) is 23.2 Å². The van der Waals surface area contributed by atoms with E-state index in [-0.39, 0.29) is 0 Å². The zero-order chi connectivity index (χ0) is 20.2. The predicted octanol–water partition coefficient (Wildman–Crippen LogP) is 6.89. The van der Waals surface area contributed by atoms with Crippen molar-refractivity contribution in [2.75, 3.05) is 6.54 Å². The molecule has 0 aliphatic carbocycles. The fraction of sp³-hybridized carbons (Fsp3) is 0.280. The fourth-order valence-corrected chi connectivity index (χ4v) is 4.24. The molecule has 29 heavy (non-hydrogen) atoms. The normalized spacial score (nSPS) is 17.8. The lowest BCUT2D eigenvalue weighted by Gasteiger charge is -2.26.